The number of aromatic nitrogens is 3. The van der Waals surface area contributed by atoms with Crippen LogP contribution in [0, 0.1) is 0 Å². The highest BCUT2D eigenvalue weighted by Gasteiger charge is 2.23. The van der Waals surface area contributed by atoms with Crippen molar-refractivity contribution in [2.24, 2.45) is 0 Å². The van der Waals surface area contributed by atoms with E-state index in [1.54, 1.807) is 39.8 Å². The summed E-state index contributed by atoms with van der Waals surface area (Å²) in [5.41, 5.74) is 5.38. The summed E-state index contributed by atoms with van der Waals surface area (Å²) in [4.78, 5) is 39.7. The monoisotopic (exact) mass is 679 g/mol. The molecule has 0 aliphatic heterocycles. The van der Waals surface area contributed by atoms with Crippen LogP contribution in [0.25, 0.3) is 56.4 Å². The van der Waals surface area contributed by atoms with Crippen LogP contribution in [0.3, 0.4) is 0 Å². The van der Waals surface area contributed by atoms with Crippen molar-refractivity contribution in [1.29, 1.82) is 0 Å². The Balaban J connectivity index is 1.46. The van der Waals surface area contributed by atoms with E-state index in [2.05, 4.69) is 24.3 Å². The van der Waals surface area contributed by atoms with Gasteiger partial charge in [-0.05, 0) is 62.1 Å². The van der Waals surface area contributed by atoms with E-state index in [1.165, 1.54) is 13.2 Å². The second-order valence-corrected chi connectivity index (χ2v) is 12.7. The molecule has 0 amide bonds. The molecule has 5 aromatic carbocycles. The Morgan fingerprint density at radius 1 is 0.588 bits per heavy atom. The van der Waals surface area contributed by atoms with Crippen molar-refractivity contribution in [3.05, 3.63) is 127 Å². The highest BCUT2D eigenvalue weighted by Crippen LogP contribution is 2.35. The summed E-state index contributed by atoms with van der Waals surface area (Å²) in [7, 11) is 1.28. The van der Waals surface area contributed by atoms with E-state index in [0.717, 1.165) is 33.4 Å². The molecular formula is C42H37N3O6. The smallest absolute Gasteiger partial charge is 0.479 e. The Morgan fingerprint density at radius 3 is 1.51 bits per heavy atom. The fraction of sp³-hybridized carbons (Fsp3) is 0.167. The SMILES string of the molecule is COC(=O)C(C)Oc1ccc(-c2nc(-c3ccc(-c4ccccc4)cc3)nc(-c3ccc(-c4ccccc4)cc3)n2)c(OC(=O)OC(C)(C)C)c1. The maximum Gasteiger partial charge on any atom is 0.514 e. The topological polar surface area (TPSA) is 110 Å². The zero-order chi connectivity index (χ0) is 36.0. The average molecular weight is 680 g/mol. The third-order valence-corrected chi connectivity index (χ3v) is 7.76. The van der Waals surface area contributed by atoms with Crippen LogP contribution in [0.15, 0.2) is 127 Å². The molecule has 0 radical (unpaired) electrons. The van der Waals surface area contributed by atoms with Crippen molar-refractivity contribution in [3.8, 4) is 67.9 Å². The van der Waals surface area contributed by atoms with Crippen molar-refractivity contribution < 1.29 is 28.5 Å². The van der Waals surface area contributed by atoms with Gasteiger partial charge in [0.25, 0.3) is 0 Å². The van der Waals surface area contributed by atoms with Gasteiger partial charge in [0, 0.05) is 17.2 Å². The van der Waals surface area contributed by atoms with Crippen LogP contribution >= 0.6 is 0 Å². The quantitative estimate of drug-likeness (QED) is 0.109. The second-order valence-electron chi connectivity index (χ2n) is 12.7. The predicted molar refractivity (Wildman–Crippen MR) is 196 cm³/mol. The largest absolute Gasteiger partial charge is 0.514 e. The number of methoxy groups -OCH3 is 1. The average Bonchev–Trinajstić information content (AvgIpc) is 3.14. The molecule has 6 aromatic rings. The molecule has 0 aliphatic carbocycles. The number of hydrogen-bond acceptors (Lipinski definition) is 9. The molecule has 1 unspecified atom stereocenters. The molecule has 1 heterocycles. The van der Waals surface area contributed by atoms with Gasteiger partial charge in [-0.15, -0.1) is 0 Å². The van der Waals surface area contributed by atoms with E-state index in [4.69, 9.17) is 33.9 Å². The number of carbonyl (C=O) groups is 2. The molecule has 0 saturated heterocycles. The van der Waals surface area contributed by atoms with Crippen LogP contribution in [0.1, 0.15) is 27.7 Å². The zero-order valence-corrected chi connectivity index (χ0v) is 29.0. The van der Waals surface area contributed by atoms with Gasteiger partial charge in [0.15, 0.2) is 23.6 Å². The van der Waals surface area contributed by atoms with Crippen LogP contribution in [0.4, 0.5) is 4.79 Å². The molecule has 0 bridgehead atoms. The molecule has 0 N–H and O–H groups in total. The molecule has 0 saturated carbocycles. The molecule has 256 valence electrons. The maximum atomic E-state index is 13.0. The minimum atomic E-state index is -0.926. The van der Waals surface area contributed by atoms with Gasteiger partial charge >= 0.3 is 12.1 Å². The summed E-state index contributed by atoms with van der Waals surface area (Å²) in [6, 6.07) is 40.9. The predicted octanol–water partition coefficient (Wildman–Crippen LogP) is 9.46. The van der Waals surface area contributed by atoms with Crippen LogP contribution in [-0.4, -0.2) is 45.9 Å². The maximum absolute atomic E-state index is 13.0. The first kappa shape index (κ1) is 34.5. The van der Waals surface area contributed by atoms with Crippen molar-refractivity contribution in [2.45, 2.75) is 39.4 Å². The third kappa shape index (κ3) is 8.63. The zero-order valence-electron chi connectivity index (χ0n) is 29.0. The Kier molecular flexibility index (Phi) is 10.2. The molecule has 0 aliphatic rings. The number of ether oxygens (including phenoxy) is 4. The first-order chi connectivity index (χ1) is 24.6. The summed E-state index contributed by atoms with van der Waals surface area (Å²) in [6.07, 6.45) is -1.84. The van der Waals surface area contributed by atoms with Gasteiger partial charge in [0.05, 0.1) is 12.7 Å². The summed E-state index contributed by atoms with van der Waals surface area (Å²) >= 11 is 0. The van der Waals surface area contributed by atoms with E-state index < -0.39 is 23.8 Å². The molecular weight excluding hydrogens is 642 g/mol. The van der Waals surface area contributed by atoms with Crippen molar-refractivity contribution in [2.75, 3.05) is 7.11 Å². The number of carbonyl (C=O) groups excluding carboxylic acids is 2. The lowest BCUT2D eigenvalue weighted by molar-refractivity contribution is -0.147. The summed E-state index contributed by atoms with van der Waals surface area (Å²) < 4.78 is 21.8. The molecule has 6 rings (SSSR count). The first-order valence-electron chi connectivity index (χ1n) is 16.4. The van der Waals surface area contributed by atoms with Crippen molar-refractivity contribution >= 4 is 12.1 Å². The molecule has 51 heavy (non-hydrogen) atoms. The molecule has 1 aromatic heterocycles. The van der Waals surface area contributed by atoms with Crippen LogP contribution in [0.5, 0.6) is 11.5 Å². The molecule has 0 spiro atoms. The third-order valence-electron chi connectivity index (χ3n) is 7.76. The first-order valence-corrected chi connectivity index (χ1v) is 16.4. The van der Waals surface area contributed by atoms with Gasteiger partial charge in [0.2, 0.25) is 0 Å². The highest BCUT2D eigenvalue weighted by molar-refractivity contribution is 5.77. The van der Waals surface area contributed by atoms with Crippen LogP contribution in [-0.2, 0) is 14.3 Å². The molecule has 9 nitrogen and oxygen atoms in total. The van der Waals surface area contributed by atoms with Gasteiger partial charge in [-0.2, -0.15) is 0 Å². The normalized spacial score (nSPS) is 11.7. The second kappa shape index (κ2) is 15.0. The molecule has 1 atom stereocenters. The summed E-state index contributed by atoms with van der Waals surface area (Å²) in [5.74, 6) is 0.866. The fourth-order valence-corrected chi connectivity index (χ4v) is 5.26. The highest BCUT2D eigenvalue weighted by atomic mass is 16.7. The summed E-state index contributed by atoms with van der Waals surface area (Å²) in [6.45, 7) is 6.78. The van der Waals surface area contributed by atoms with Gasteiger partial charge in [-0.3, -0.25) is 0 Å². The molecule has 0 fully saturated rings. The lowest BCUT2D eigenvalue weighted by atomic mass is 10.0. The Labute approximate surface area is 296 Å². The van der Waals surface area contributed by atoms with E-state index in [1.807, 2.05) is 84.9 Å². The van der Waals surface area contributed by atoms with Gasteiger partial charge in [-0.1, -0.05) is 109 Å². The fourth-order valence-electron chi connectivity index (χ4n) is 5.26. The number of benzene rings is 5. The van der Waals surface area contributed by atoms with Crippen LogP contribution in [0.2, 0.25) is 0 Å². The lowest BCUT2D eigenvalue weighted by Gasteiger charge is -2.20. The van der Waals surface area contributed by atoms with Gasteiger partial charge in [-0.25, -0.2) is 24.5 Å². The Hall–Kier alpha value is -6.35. The van der Waals surface area contributed by atoms with E-state index >= 15 is 0 Å². The number of nitrogens with zero attached hydrogens (tertiary/aromatic N) is 3. The van der Waals surface area contributed by atoms with E-state index in [9.17, 15) is 9.59 Å². The Morgan fingerprint density at radius 2 is 1.04 bits per heavy atom. The minimum absolute atomic E-state index is 0.0702. The number of hydrogen-bond donors (Lipinski definition) is 0. The standard InChI is InChI=1S/C42H37N3O6/c1-27(40(46)48-5)49-34-24-25-35(36(26-34)50-41(47)51-42(2,3)4)39-44-37(32-20-16-30(17-21-32)28-12-8-6-9-13-28)43-38(45-39)33-22-18-31(19-23-33)29-14-10-7-11-15-29/h6-27H,1-5H3. The van der Waals surface area contributed by atoms with Crippen LogP contribution < -0.4 is 9.47 Å². The van der Waals surface area contributed by atoms with E-state index in [0.29, 0.717) is 17.2 Å². The van der Waals surface area contributed by atoms with E-state index in [-0.39, 0.29) is 17.3 Å². The minimum Gasteiger partial charge on any atom is -0.479 e. The lowest BCUT2D eigenvalue weighted by Crippen LogP contribution is -2.26. The molecule has 9 heteroatoms. The summed E-state index contributed by atoms with van der Waals surface area (Å²) in [5, 5.41) is 0. The number of esters is 1. The van der Waals surface area contributed by atoms with Gasteiger partial charge < -0.3 is 18.9 Å². The Bertz CT molecular complexity index is 2030. The van der Waals surface area contributed by atoms with Gasteiger partial charge in [0.1, 0.15) is 17.1 Å². The van der Waals surface area contributed by atoms with Crippen molar-refractivity contribution in [3.63, 3.8) is 0 Å². The van der Waals surface area contributed by atoms with Crippen molar-refractivity contribution in [1.82, 2.24) is 15.0 Å². The number of rotatable bonds is 9.